The molecule has 0 bridgehead atoms. The Balaban J connectivity index is 1.96. The lowest BCUT2D eigenvalue weighted by atomic mass is 10.2. The number of hydrogen-bond acceptors (Lipinski definition) is 4. The molecular weight excluding hydrogens is 268 g/mol. The molecular formula is C12H16N2O4S. The lowest BCUT2D eigenvalue weighted by Crippen LogP contribution is -2.45. The van der Waals surface area contributed by atoms with Crippen LogP contribution in [0.2, 0.25) is 0 Å². The monoisotopic (exact) mass is 284 g/mol. The number of aryl methyl sites for hydroxylation is 1. The average molecular weight is 284 g/mol. The molecule has 1 fully saturated rings. The molecule has 2 atom stereocenters. The van der Waals surface area contributed by atoms with E-state index in [4.69, 9.17) is 5.11 Å². The summed E-state index contributed by atoms with van der Waals surface area (Å²) in [6.45, 7) is 2.39. The van der Waals surface area contributed by atoms with Gasteiger partial charge in [-0.15, -0.1) is 11.3 Å². The van der Waals surface area contributed by atoms with Crippen molar-refractivity contribution in [1.29, 1.82) is 0 Å². The number of nitrogens with one attached hydrogen (secondary N) is 1. The van der Waals surface area contributed by atoms with Crippen LogP contribution in [0, 0.1) is 6.92 Å². The number of aliphatic hydroxyl groups is 1. The van der Waals surface area contributed by atoms with E-state index in [1.165, 1.54) is 4.90 Å². The Morgan fingerprint density at radius 1 is 1.58 bits per heavy atom. The lowest BCUT2D eigenvalue weighted by molar-refractivity contribution is -0.141. The first-order valence-corrected chi connectivity index (χ1v) is 6.85. The molecule has 0 saturated carbocycles. The van der Waals surface area contributed by atoms with Gasteiger partial charge in [0.15, 0.2) is 0 Å². The molecule has 2 heterocycles. The zero-order valence-electron chi connectivity index (χ0n) is 10.5. The molecule has 104 valence electrons. The van der Waals surface area contributed by atoms with Crippen LogP contribution in [-0.2, 0) is 11.3 Å². The standard InChI is InChI=1S/C12H16N2O4S/c1-7-2-3-19-10(7)5-13-12(18)14-6-8(15)4-9(14)11(16)17/h2-3,8-9,15H,4-6H2,1H3,(H,13,18)(H,16,17). The summed E-state index contributed by atoms with van der Waals surface area (Å²) >= 11 is 1.54. The van der Waals surface area contributed by atoms with Gasteiger partial charge in [-0.25, -0.2) is 9.59 Å². The zero-order valence-corrected chi connectivity index (χ0v) is 11.3. The quantitative estimate of drug-likeness (QED) is 0.765. The fraction of sp³-hybridized carbons (Fsp3) is 0.500. The van der Waals surface area contributed by atoms with Crippen molar-refractivity contribution in [2.75, 3.05) is 6.54 Å². The Hall–Kier alpha value is -1.60. The SMILES string of the molecule is Cc1ccsc1CNC(=O)N1CC(O)CC1C(=O)O. The second kappa shape index (κ2) is 5.58. The van der Waals surface area contributed by atoms with Gasteiger partial charge >= 0.3 is 12.0 Å². The summed E-state index contributed by atoms with van der Waals surface area (Å²) in [5, 5.41) is 23.1. The Morgan fingerprint density at radius 2 is 2.32 bits per heavy atom. The highest BCUT2D eigenvalue weighted by atomic mass is 32.1. The summed E-state index contributed by atoms with van der Waals surface area (Å²) in [6, 6.07) is 0.572. The van der Waals surface area contributed by atoms with Gasteiger partial charge in [0.05, 0.1) is 12.6 Å². The third-order valence-corrected chi connectivity index (χ3v) is 4.22. The zero-order chi connectivity index (χ0) is 14.0. The average Bonchev–Trinajstić information content (AvgIpc) is 2.92. The fourth-order valence-corrected chi connectivity index (χ4v) is 2.96. The summed E-state index contributed by atoms with van der Waals surface area (Å²) in [5.74, 6) is -1.08. The van der Waals surface area contributed by atoms with Crippen molar-refractivity contribution >= 4 is 23.3 Å². The van der Waals surface area contributed by atoms with Crippen LogP contribution >= 0.6 is 11.3 Å². The molecule has 2 rings (SSSR count). The van der Waals surface area contributed by atoms with E-state index >= 15 is 0 Å². The van der Waals surface area contributed by atoms with Crippen LogP contribution in [0.15, 0.2) is 11.4 Å². The van der Waals surface area contributed by atoms with Crippen LogP contribution in [0.25, 0.3) is 0 Å². The Labute approximate surface area is 114 Å². The van der Waals surface area contributed by atoms with E-state index < -0.39 is 24.1 Å². The van der Waals surface area contributed by atoms with Crippen molar-refractivity contribution < 1.29 is 19.8 Å². The molecule has 1 aromatic heterocycles. The van der Waals surface area contributed by atoms with Crippen molar-refractivity contribution in [3.8, 4) is 0 Å². The van der Waals surface area contributed by atoms with Crippen LogP contribution in [-0.4, -0.2) is 45.8 Å². The van der Waals surface area contributed by atoms with Crippen molar-refractivity contribution in [2.45, 2.75) is 32.0 Å². The molecule has 2 amide bonds. The van der Waals surface area contributed by atoms with E-state index in [0.717, 1.165) is 10.4 Å². The predicted molar refractivity (Wildman–Crippen MR) is 70.0 cm³/mol. The molecule has 7 heteroatoms. The van der Waals surface area contributed by atoms with E-state index in [1.807, 2.05) is 18.4 Å². The number of nitrogens with zero attached hydrogens (tertiary/aromatic N) is 1. The highest BCUT2D eigenvalue weighted by Crippen LogP contribution is 2.19. The molecule has 2 unspecified atom stereocenters. The first-order chi connectivity index (χ1) is 8.99. The maximum Gasteiger partial charge on any atom is 0.326 e. The molecule has 1 saturated heterocycles. The molecule has 0 aromatic carbocycles. The minimum Gasteiger partial charge on any atom is -0.480 e. The van der Waals surface area contributed by atoms with Gasteiger partial charge in [-0.2, -0.15) is 0 Å². The van der Waals surface area contributed by atoms with Crippen LogP contribution < -0.4 is 5.32 Å². The minimum atomic E-state index is -1.08. The number of amides is 2. The number of likely N-dealkylation sites (tertiary alicyclic amines) is 1. The van der Waals surface area contributed by atoms with Gasteiger partial charge in [0.1, 0.15) is 6.04 Å². The first-order valence-electron chi connectivity index (χ1n) is 5.97. The van der Waals surface area contributed by atoms with Crippen molar-refractivity contribution in [3.05, 3.63) is 21.9 Å². The molecule has 1 aromatic rings. The summed E-state index contributed by atoms with van der Waals surface area (Å²) in [4.78, 5) is 25.2. The van der Waals surface area contributed by atoms with E-state index in [0.29, 0.717) is 6.54 Å². The summed E-state index contributed by atoms with van der Waals surface area (Å²) < 4.78 is 0. The van der Waals surface area contributed by atoms with Crippen LogP contribution in [0.3, 0.4) is 0 Å². The molecule has 0 radical (unpaired) electrons. The van der Waals surface area contributed by atoms with E-state index in [-0.39, 0.29) is 13.0 Å². The van der Waals surface area contributed by atoms with Gasteiger partial charge in [-0.05, 0) is 23.9 Å². The normalized spacial score (nSPS) is 22.5. The summed E-state index contributed by atoms with van der Waals surface area (Å²) in [5.41, 5.74) is 1.10. The number of carbonyl (C=O) groups excluding carboxylic acids is 1. The first kappa shape index (κ1) is 13.8. The van der Waals surface area contributed by atoms with Gasteiger partial charge in [0.2, 0.25) is 0 Å². The van der Waals surface area contributed by atoms with Gasteiger partial charge in [-0.3, -0.25) is 0 Å². The van der Waals surface area contributed by atoms with E-state index in [9.17, 15) is 14.7 Å². The largest absolute Gasteiger partial charge is 0.480 e. The third kappa shape index (κ3) is 3.05. The highest BCUT2D eigenvalue weighted by Gasteiger charge is 2.38. The second-order valence-corrected chi connectivity index (χ2v) is 5.58. The van der Waals surface area contributed by atoms with Crippen molar-refractivity contribution in [2.24, 2.45) is 0 Å². The van der Waals surface area contributed by atoms with Gasteiger partial charge in [0.25, 0.3) is 0 Å². The van der Waals surface area contributed by atoms with E-state index in [2.05, 4.69) is 5.32 Å². The second-order valence-electron chi connectivity index (χ2n) is 4.58. The molecule has 6 nitrogen and oxygen atoms in total. The summed E-state index contributed by atoms with van der Waals surface area (Å²) in [6.07, 6.45) is -0.684. The van der Waals surface area contributed by atoms with Crippen LogP contribution in [0.4, 0.5) is 4.79 Å². The molecule has 0 aliphatic carbocycles. The highest BCUT2D eigenvalue weighted by molar-refractivity contribution is 7.10. The van der Waals surface area contributed by atoms with Crippen LogP contribution in [0.5, 0.6) is 0 Å². The number of aliphatic carboxylic acids is 1. The number of aliphatic hydroxyl groups excluding tert-OH is 1. The van der Waals surface area contributed by atoms with Gasteiger partial charge < -0.3 is 20.4 Å². The molecule has 1 aliphatic heterocycles. The fourth-order valence-electron chi connectivity index (χ4n) is 2.11. The van der Waals surface area contributed by atoms with Gasteiger partial charge in [-0.1, -0.05) is 0 Å². The number of thiophene rings is 1. The molecule has 1 aliphatic rings. The van der Waals surface area contributed by atoms with Crippen molar-refractivity contribution in [3.63, 3.8) is 0 Å². The Bertz CT molecular complexity index is 488. The number of carbonyl (C=O) groups is 2. The number of urea groups is 1. The molecule has 3 N–H and O–H groups in total. The van der Waals surface area contributed by atoms with Crippen LogP contribution in [0.1, 0.15) is 16.9 Å². The smallest absolute Gasteiger partial charge is 0.326 e. The van der Waals surface area contributed by atoms with Gasteiger partial charge in [0, 0.05) is 17.8 Å². The number of hydrogen-bond donors (Lipinski definition) is 3. The maximum atomic E-state index is 12.0. The summed E-state index contributed by atoms with van der Waals surface area (Å²) in [7, 11) is 0. The number of rotatable bonds is 3. The van der Waals surface area contributed by atoms with Crippen molar-refractivity contribution in [1.82, 2.24) is 10.2 Å². The Kier molecular flexibility index (Phi) is 4.06. The lowest BCUT2D eigenvalue weighted by Gasteiger charge is -2.21. The number of carboxylic acids is 1. The topological polar surface area (TPSA) is 89.9 Å². The predicted octanol–water partition coefficient (Wildman–Crippen LogP) is 0.786. The Morgan fingerprint density at radius 3 is 2.89 bits per heavy atom. The number of carboxylic acid groups (broad SMARTS) is 1. The minimum absolute atomic E-state index is 0.0617. The third-order valence-electron chi connectivity index (χ3n) is 3.19. The number of β-amino-alcohol motifs (C(OH)–C–C–N with tert-alkyl or cyclic N) is 1. The maximum absolute atomic E-state index is 12.0. The van der Waals surface area contributed by atoms with E-state index in [1.54, 1.807) is 11.3 Å². The molecule has 0 spiro atoms. The molecule has 19 heavy (non-hydrogen) atoms.